The summed E-state index contributed by atoms with van der Waals surface area (Å²) < 4.78 is 40.7. The molecular weight excluding hydrogens is 492 g/mol. The first-order valence-corrected chi connectivity index (χ1v) is 10.8. The zero-order valence-corrected chi connectivity index (χ0v) is 19.5. The van der Waals surface area contributed by atoms with Crippen LogP contribution in [-0.2, 0) is 25.7 Å². The Morgan fingerprint density at radius 3 is 2.38 bits per heavy atom. The molecule has 0 saturated carbocycles. The first kappa shape index (κ1) is 25.6. The Labute approximate surface area is 203 Å². The molecule has 3 aromatic rings. The first-order valence-electron chi connectivity index (χ1n) is 10.1. The van der Waals surface area contributed by atoms with Crippen LogP contribution in [0.25, 0.3) is 0 Å². The van der Waals surface area contributed by atoms with Crippen molar-refractivity contribution >= 4 is 34.8 Å². The normalized spacial score (nSPS) is 11.4. The van der Waals surface area contributed by atoms with Gasteiger partial charge in [0.2, 0.25) is 0 Å². The third-order valence-corrected chi connectivity index (χ3v) is 5.87. The second-order valence-corrected chi connectivity index (χ2v) is 8.38. The van der Waals surface area contributed by atoms with Gasteiger partial charge in [0, 0.05) is 24.8 Å². The van der Waals surface area contributed by atoms with Gasteiger partial charge < -0.3 is 9.47 Å². The molecule has 3 N–H and O–H groups in total. The summed E-state index contributed by atoms with van der Waals surface area (Å²) in [4.78, 5) is 25.9. The van der Waals surface area contributed by atoms with Gasteiger partial charge in [0.1, 0.15) is 5.02 Å². The number of hydrogen-bond donors (Lipinski definition) is 2. The molecule has 2 aromatic carbocycles. The van der Waals surface area contributed by atoms with Crippen LogP contribution in [0.5, 0.6) is 0 Å². The number of anilines is 1. The Morgan fingerprint density at radius 1 is 1.09 bits per heavy atom. The van der Waals surface area contributed by atoms with E-state index in [2.05, 4.69) is 0 Å². The van der Waals surface area contributed by atoms with Crippen LogP contribution in [0.3, 0.4) is 0 Å². The molecule has 1 amide bonds. The van der Waals surface area contributed by atoms with E-state index in [1.165, 1.54) is 16.7 Å². The number of benzene rings is 2. The largest absolute Gasteiger partial charge is 0.416 e. The van der Waals surface area contributed by atoms with Crippen molar-refractivity contribution in [3.8, 4) is 0 Å². The van der Waals surface area contributed by atoms with Gasteiger partial charge in [-0.05, 0) is 48.4 Å². The molecule has 0 aliphatic carbocycles. The van der Waals surface area contributed by atoms with Gasteiger partial charge in [0.25, 0.3) is 11.5 Å². The lowest BCUT2D eigenvalue weighted by Gasteiger charge is -2.24. The van der Waals surface area contributed by atoms with E-state index >= 15 is 0 Å². The molecule has 6 nitrogen and oxygen atoms in total. The maximum atomic E-state index is 13.1. The number of hydrazine groups is 1. The van der Waals surface area contributed by atoms with Crippen LogP contribution in [0.2, 0.25) is 10.0 Å². The molecule has 0 aliphatic heterocycles. The summed E-state index contributed by atoms with van der Waals surface area (Å²) in [6.07, 6.45) is -4.06. The molecule has 0 unspecified atom stereocenters. The van der Waals surface area contributed by atoms with Gasteiger partial charge in [0.05, 0.1) is 22.8 Å². The van der Waals surface area contributed by atoms with Gasteiger partial charge in [-0.2, -0.15) is 13.2 Å². The van der Waals surface area contributed by atoms with Crippen LogP contribution in [0.4, 0.5) is 18.9 Å². The minimum Gasteiger partial charge on any atom is -0.369 e. The molecule has 0 saturated heterocycles. The standard InChI is InChI=1S/C23H21Cl2F3N4O2/c1-31(17-4-2-3-16(11-17)23(26,27)28)13-20-18(24)12-19(25)22(34)32(20)10-9-14-5-7-15(8-6-14)21(33)30-29/h2-8,11-12H,9-10,13,29H2,1H3,(H,30,33). The van der Waals surface area contributed by atoms with Gasteiger partial charge in [-0.15, -0.1) is 0 Å². The summed E-state index contributed by atoms with van der Waals surface area (Å²) in [5.74, 6) is 4.70. The lowest BCUT2D eigenvalue weighted by Crippen LogP contribution is -2.30. The number of alkyl halides is 3. The number of nitrogens with two attached hydrogens (primary N) is 1. The highest BCUT2D eigenvalue weighted by Crippen LogP contribution is 2.32. The molecule has 0 atom stereocenters. The van der Waals surface area contributed by atoms with E-state index < -0.39 is 23.2 Å². The second kappa shape index (κ2) is 10.5. The number of nitrogens with zero attached hydrogens (tertiary/aromatic N) is 2. The summed E-state index contributed by atoms with van der Waals surface area (Å²) >= 11 is 12.4. The number of carbonyl (C=O) groups is 1. The van der Waals surface area contributed by atoms with E-state index in [-0.39, 0.29) is 23.1 Å². The zero-order chi connectivity index (χ0) is 25.0. The maximum Gasteiger partial charge on any atom is 0.416 e. The van der Waals surface area contributed by atoms with E-state index in [1.54, 1.807) is 42.3 Å². The molecule has 3 rings (SSSR count). The number of hydrogen-bond acceptors (Lipinski definition) is 4. The van der Waals surface area contributed by atoms with Gasteiger partial charge in [-0.1, -0.05) is 41.4 Å². The topological polar surface area (TPSA) is 80.4 Å². The van der Waals surface area contributed by atoms with Gasteiger partial charge in [-0.25, -0.2) is 5.84 Å². The first-order chi connectivity index (χ1) is 16.0. The highest BCUT2D eigenvalue weighted by Gasteiger charge is 2.30. The van der Waals surface area contributed by atoms with Crippen LogP contribution in [0, 0.1) is 0 Å². The highest BCUT2D eigenvalue weighted by molar-refractivity contribution is 6.34. The Hall–Kier alpha value is -3.01. The third kappa shape index (κ3) is 5.91. The lowest BCUT2D eigenvalue weighted by molar-refractivity contribution is -0.137. The number of aryl methyl sites for hydroxylation is 1. The minimum atomic E-state index is -4.47. The molecule has 0 radical (unpaired) electrons. The summed E-state index contributed by atoms with van der Waals surface area (Å²) in [6, 6.07) is 12.9. The van der Waals surface area contributed by atoms with Crippen molar-refractivity contribution in [2.75, 3.05) is 11.9 Å². The van der Waals surface area contributed by atoms with Gasteiger partial charge in [-0.3, -0.25) is 15.0 Å². The lowest BCUT2D eigenvalue weighted by atomic mass is 10.1. The maximum absolute atomic E-state index is 13.1. The van der Waals surface area contributed by atoms with Crippen LogP contribution in [-0.4, -0.2) is 17.5 Å². The Bertz CT molecular complexity index is 1240. The van der Waals surface area contributed by atoms with Crippen LogP contribution >= 0.6 is 23.2 Å². The molecule has 0 aliphatic rings. The predicted octanol–water partition coefficient (Wildman–Crippen LogP) is 4.66. The summed E-state index contributed by atoms with van der Waals surface area (Å²) in [5.41, 5.74) is 2.77. The van der Waals surface area contributed by atoms with Crippen LogP contribution in [0.1, 0.15) is 27.2 Å². The fraction of sp³-hybridized carbons (Fsp3) is 0.217. The minimum absolute atomic E-state index is 0.0644. The van der Waals surface area contributed by atoms with E-state index in [0.29, 0.717) is 23.4 Å². The number of pyridine rings is 1. The number of amides is 1. The Kier molecular flexibility index (Phi) is 7.91. The smallest absolute Gasteiger partial charge is 0.369 e. The van der Waals surface area contributed by atoms with Crippen LogP contribution in [0.15, 0.2) is 59.4 Å². The molecule has 0 spiro atoms. The monoisotopic (exact) mass is 512 g/mol. The second-order valence-electron chi connectivity index (χ2n) is 7.57. The third-order valence-electron chi connectivity index (χ3n) is 5.28. The average Bonchev–Trinajstić information content (AvgIpc) is 2.81. The summed E-state index contributed by atoms with van der Waals surface area (Å²) in [6.45, 7) is 0.287. The SMILES string of the molecule is CN(Cc1c(Cl)cc(Cl)c(=O)n1CCc1ccc(C(=O)NN)cc1)c1cccc(C(F)(F)F)c1. The number of aromatic nitrogens is 1. The summed E-state index contributed by atoms with van der Waals surface area (Å²) in [5, 5.41) is 0.156. The zero-order valence-electron chi connectivity index (χ0n) is 18.0. The molecule has 11 heteroatoms. The van der Waals surface area contributed by atoms with Crippen molar-refractivity contribution < 1.29 is 18.0 Å². The quantitative estimate of drug-likeness (QED) is 0.274. The number of nitrogen functional groups attached to an aromatic ring is 1. The van der Waals surface area contributed by atoms with Crippen LogP contribution < -0.4 is 21.7 Å². The number of halogens is 5. The number of nitrogens with one attached hydrogen (secondary N) is 1. The van der Waals surface area contributed by atoms with Crippen molar-refractivity contribution in [1.29, 1.82) is 0 Å². The molecular formula is C23H21Cl2F3N4O2. The molecule has 34 heavy (non-hydrogen) atoms. The summed E-state index contributed by atoms with van der Waals surface area (Å²) in [7, 11) is 1.61. The van der Waals surface area contributed by atoms with E-state index in [4.69, 9.17) is 29.0 Å². The van der Waals surface area contributed by atoms with Crippen molar-refractivity contribution in [3.63, 3.8) is 0 Å². The average molecular weight is 513 g/mol. The van der Waals surface area contributed by atoms with Crippen molar-refractivity contribution in [2.24, 2.45) is 5.84 Å². The van der Waals surface area contributed by atoms with Gasteiger partial charge in [0.15, 0.2) is 0 Å². The fourth-order valence-corrected chi connectivity index (χ4v) is 3.95. The van der Waals surface area contributed by atoms with Gasteiger partial charge >= 0.3 is 6.18 Å². The Morgan fingerprint density at radius 2 is 1.76 bits per heavy atom. The Balaban J connectivity index is 1.87. The molecule has 180 valence electrons. The molecule has 1 aromatic heterocycles. The van der Waals surface area contributed by atoms with Crippen molar-refractivity contribution in [3.05, 3.63) is 97.4 Å². The van der Waals surface area contributed by atoms with E-state index in [1.807, 2.05) is 5.43 Å². The van der Waals surface area contributed by atoms with Crippen molar-refractivity contribution in [2.45, 2.75) is 25.7 Å². The fourth-order valence-electron chi connectivity index (χ4n) is 3.42. The number of rotatable bonds is 7. The van der Waals surface area contributed by atoms with E-state index in [0.717, 1.165) is 17.7 Å². The number of carbonyl (C=O) groups excluding carboxylic acids is 1. The highest BCUT2D eigenvalue weighted by atomic mass is 35.5. The molecule has 0 fully saturated rings. The van der Waals surface area contributed by atoms with Crippen molar-refractivity contribution in [1.82, 2.24) is 9.99 Å². The molecule has 1 heterocycles. The predicted molar refractivity (Wildman–Crippen MR) is 126 cm³/mol. The molecule has 0 bridgehead atoms. The van der Waals surface area contributed by atoms with E-state index in [9.17, 15) is 22.8 Å².